The number of benzene rings is 2. The Hall–Kier alpha value is -2.43. The zero-order valence-electron chi connectivity index (χ0n) is 11.0. The van der Waals surface area contributed by atoms with Crippen LogP contribution in [0.4, 0.5) is 15.8 Å². The van der Waals surface area contributed by atoms with Crippen molar-refractivity contribution in [2.24, 2.45) is 0 Å². The summed E-state index contributed by atoms with van der Waals surface area (Å²) in [6, 6.07) is 13.8. The lowest BCUT2D eigenvalue weighted by atomic mass is 10.0. The van der Waals surface area contributed by atoms with E-state index in [-0.39, 0.29) is 5.92 Å². The van der Waals surface area contributed by atoms with Crippen molar-refractivity contribution in [2.75, 3.05) is 11.9 Å². The zero-order chi connectivity index (χ0) is 14.5. The molecule has 0 aliphatic rings. The van der Waals surface area contributed by atoms with Crippen LogP contribution in [0, 0.1) is 15.9 Å². The first-order valence-corrected chi connectivity index (χ1v) is 6.30. The van der Waals surface area contributed by atoms with Crippen LogP contribution >= 0.6 is 0 Å². The van der Waals surface area contributed by atoms with Crippen molar-refractivity contribution < 1.29 is 9.31 Å². The highest BCUT2D eigenvalue weighted by molar-refractivity contribution is 5.49. The molecule has 0 aliphatic carbocycles. The summed E-state index contributed by atoms with van der Waals surface area (Å²) in [5.74, 6) is -0.568. The minimum absolute atomic E-state index is 0.259. The summed E-state index contributed by atoms with van der Waals surface area (Å²) in [4.78, 5) is 9.80. The van der Waals surface area contributed by atoms with Gasteiger partial charge in [0.2, 0.25) is 5.82 Å². The Morgan fingerprint density at radius 3 is 2.55 bits per heavy atom. The van der Waals surface area contributed by atoms with Gasteiger partial charge in [-0.25, -0.2) is 0 Å². The van der Waals surface area contributed by atoms with Crippen LogP contribution in [-0.4, -0.2) is 11.5 Å². The molecule has 0 aromatic heterocycles. The van der Waals surface area contributed by atoms with Crippen LogP contribution in [0.25, 0.3) is 0 Å². The van der Waals surface area contributed by atoms with Crippen LogP contribution in [0.15, 0.2) is 48.5 Å². The van der Waals surface area contributed by atoms with Gasteiger partial charge < -0.3 is 5.32 Å². The molecule has 4 nitrogen and oxygen atoms in total. The highest BCUT2D eigenvalue weighted by Crippen LogP contribution is 2.22. The van der Waals surface area contributed by atoms with Gasteiger partial charge in [-0.05, 0) is 17.5 Å². The molecule has 0 bridgehead atoms. The Morgan fingerprint density at radius 1 is 1.25 bits per heavy atom. The quantitative estimate of drug-likeness (QED) is 0.663. The van der Waals surface area contributed by atoms with Gasteiger partial charge >= 0.3 is 5.69 Å². The van der Waals surface area contributed by atoms with Gasteiger partial charge in [0.15, 0.2) is 0 Å². The number of halogens is 1. The lowest BCUT2D eigenvalue weighted by Gasteiger charge is -2.14. The molecule has 2 rings (SSSR count). The van der Waals surface area contributed by atoms with Crippen molar-refractivity contribution in [2.45, 2.75) is 12.8 Å². The van der Waals surface area contributed by atoms with Gasteiger partial charge in [0, 0.05) is 24.4 Å². The van der Waals surface area contributed by atoms with E-state index in [2.05, 4.69) is 12.2 Å². The van der Waals surface area contributed by atoms with Crippen LogP contribution in [-0.2, 0) is 0 Å². The molecule has 0 amide bonds. The standard InChI is InChI=1S/C15H15FN2O2/c1-11(12-5-3-2-4-6-12)10-17-13-7-8-15(18(19)20)14(16)9-13/h2-9,11,17H,10H2,1H3. The molecule has 0 radical (unpaired) electrons. The van der Waals surface area contributed by atoms with Crippen molar-refractivity contribution in [3.63, 3.8) is 0 Å². The average molecular weight is 274 g/mol. The number of nitrogens with one attached hydrogen (secondary N) is 1. The van der Waals surface area contributed by atoms with Crippen LogP contribution in [0.2, 0.25) is 0 Å². The molecule has 0 saturated carbocycles. The van der Waals surface area contributed by atoms with Gasteiger partial charge in [-0.1, -0.05) is 37.3 Å². The Labute approximate surface area is 116 Å². The minimum atomic E-state index is -0.827. The summed E-state index contributed by atoms with van der Waals surface area (Å²) in [5, 5.41) is 13.6. The van der Waals surface area contributed by atoms with Crippen molar-refractivity contribution in [1.82, 2.24) is 0 Å². The molecule has 1 atom stereocenters. The SMILES string of the molecule is CC(CNc1ccc([N+](=O)[O-])c(F)c1)c1ccccc1. The lowest BCUT2D eigenvalue weighted by Crippen LogP contribution is -2.10. The maximum absolute atomic E-state index is 13.5. The number of hydrogen-bond acceptors (Lipinski definition) is 3. The van der Waals surface area contributed by atoms with Crippen molar-refractivity contribution in [3.8, 4) is 0 Å². The Bertz CT molecular complexity index is 602. The average Bonchev–Trinajstić information content (AvgIpc) is 2.45. The van der Waals surface area contributed by atoms with Crippen LogP contribution < -0.4 is 5.32 Å². The molecule has 2 aromatic rings. The number of nitro benzene ring substituents is 1. The highest BCUT2D eigenvalue weighted by Gasteiger charge is 2.14. The summed E-state index contributed by atoms with van der Waals surface area (Å²) in [5.41, 5.74) is 1.21. The van der Waals surface area contributed by atoms with Crippen LogP contribution in [0.3, 0.4) is 0 Å². The second kappa shape index (κ2) is 6.14. The summed E-state index contributed by atoms with van der Waals surface area (Å²) in [6.07, 6.45) is 0. The third-order valence-electron chi connectivity index (χ3n) is 3.13. The summed E-state index contributed by atoms with van der Waals surface area (Å²) in [7, 11) is 0. The van der Waals surface area contributed by atoms with Crippen molar-refractivity contribution in [3.05, 3.63) is 70.0 Å². The zero-order valence-corrected chi connectivity index (χ0v) is 11.0. The number of nitro groups is 1. The van der Waals surface area contributed by atoms with Crippen molar-refractivity contribution >= 4 is 11.4 Å². The fourth-order valence-electron chi connectivity index (χ4n) is 1.94. The first kappa shape index (κ1) is 14.0. The second-order valence-electron chi connectivity index (χ2n) is 4.62. The molecule has 0 fully saturated rings. The van der Waals surface area contributed by atoms with E-state index >= 15 is 0 Å². The summed E-state index contributed by atoms with van der Waals surface area (Å²) in [6.45, 7) is 2.69. The number of rotatable bonds is 5. The van der Waals surface area contributed by atoms with Gasteiger partial charge in [-0.3, -0.25) is 10.1 Å². The molecule has 0 aliphatic heterocycles. The third-order valence-corrected chi connectivity index (χ3v) is 3.13. The second-order valence-corrected chi connectivity index (χ2v) is 4.62. The molecule has 1 N–H and O–H groups in total. The molecular weight excluding hydrogens is 259 g/mol. The van der Waals surface area contributed by atoms with E-state index in [1.54, 1.807) is 0 Å². The van der Waals surface area contributed by atoms with Crippen LogP contribution in [0.5, 0.6) is 0 Å². The Balaban J connectivity index is 2.01. The first-order valence-electron chi connectivity index (χ1n) is 6.30. The minimum Gasteiger partial charge on any atom is -0.384 e. The molecule has 5 heteroatoms. The predicted molar refractivity (Wildman–Crippen MR) is 76.4 cm³/mol. The highest BCUT2D eigenvalue weighted by atomic mass is 19.1. The van der Waals surface area contributed by atoms with Gasteiger partial charge in [-0.15, -0.1) is 0 Å². The normalized spacial score (nSPS) is 11.9. The molecule has 1 unspecified atom stereocenters. The van der Waals surface area contributed by atoms with E-state index in [1.807, 2.05) is 30.3 Å². The predicted octanol–water partition coefficient (Wildman–Crippen LogP) is 3.95. The smallest absolute Gasteiger partial charge is 0.304 e. The monoisotopic (exact) mass is 274 g/mol. The molecule has 0 saturated heterocycles. The molecular formula is C15H15FN2O2. The fraction of sp³-hybridized carbons (Fsp3) is 0.200. The van der Waals surface area contributed by atoms with Gasteiger partial charge in [-0.2, -0.15) is 4.39 Å². The molecule has 2 aromatic carbocycles. The van der Waals surface area contributed by atoms with Crippen LogP contribution in [0.1, 0.15) is 18.4 Å². The molecule has 20 heavy (non-hydrogen) atoms. The molecule has 0 heterocycles. The Kier molecular flexibility index (Phi) is 4.30. The first-order chi connectivity index (χ1) is 9.58. The van der Waals surface area contributed by atoms with E-state index in [0.29, 0.717) is 12.2 Å². The summed E-state index contributed by atoms with van der Waals surface area (Å²) >= 11 is 0. The van der Waals surface area contributed by atoms with E-state index in [1.165, 1.54) is 17.7 Å². The van der Waals surface area contributed by atoms with Crippen molar-refractivity contribution in [1.29, 1.82) is 0 Å². The lowest BCUT2D eigenvalue weighted by molar-refractivity contribution is -0.387. The van der Waals surface area contributed by atoms with E-state index in [0.717, 1.165) is 6.07 Å². The van der Waals surface area contributed by atoms with E-state index in [9.17, 15) is 14.5 Å². The fourth-order valence-corrected chi connectivity index (χ4v) is 1.94. The number of hydrogen-bond donors (Lipinski definition) is 1. The van der Waals surface area contributed by atoms with Gasteiger partial charge in [0.25, 0.3) is 0 Å². The maximum atomic E-state index is 13.5. The van der Waals surface area contributed by atoms with Gasteiger partial charge in [0.1, 0.15) is 0 Å². The maximum Gasteiger partial charge on any atom is 0.304 e. The largest absolute Gasteiger partial charge is 0.384 e. The van der Waals surface area contributed by atoms with E-state index in [4.69, 9.17) is 0 Å². The van der Waals surface area contributed by atoms with E-state index < -0.39 is 16.4 Å². The topological polar surface area (TPSA) is 55.2 Å². The molecule has 104 valence electrons. The number of anilines is 1. The number of nitrogens with zero attached hydrogens (tertiary/aromatic N) is 1. The third kappa shape index (κ3) is 3.32. The summed E-state index contributed by atoms with van der Waals surface area (Å²) < 4.78 is 13.5. The molecule has 0 spiro atoms. The Morgan fingerprint density at radius 2 is 1.95 bits per heavy atom. The van der Waals surface area contributed by atoms with Gasteiger partial charge in [0.05, 0.1) is 4.92 Å².